The van der Waals surface area contributed by atoms with Gasteiger partial charge in [0.1, 0.15) is 11.2 Å². The van der Waals surface area contributed by atoms with E-state index < -0.39 is 10.0 Å². The van der Waals surface area contributed by atoms with Crippen molar-refractivity contribution in [2.75, 3.05) is 17.4 Å². The van der Waals surface area contributed by atoms with Gasteiger partial charge in [-0.05, 0) is 117 Å². The van der Waals surface area contributed by atoms with E-state index in [1.807, 2.05) is 0 Å². The molecule has 10 aromatic rings. The summed E-state index contributed by atoms with van der Waals surface area (Å²) >= 11 is 0. The van der Waals surface area contributed by atoms with Gasteiger partial charge in [-0.1, -0.05) is 127 Å². The van der Waals surface area contributed by atoms with E-state index in [1.165, 1.54) is 64.7 Å². The molecule has 3 heteroatoms. The average Bonchev–Trinajstić information content (AvgIpc) is 3.73. The van der Waals surface area contributed by atoms with Gasteiger partial charge in [-0.15, -0.1) is 0 Å². The van der Waals surface area contributed by atoms with Crippen molar-refractivity contribution in [1.29, 1.82) is 0 Å². The van der Waals surface area contributed by atoms with E-state index in [1.54, 1.807) is 0 Å². The lowest BCUT2D eigenvalue weighted by Crippen LogP contribution is -2.11. The molecule has 1 aliphatic heterocycles. The van der Waals surface area contributed by atoms with Gasteiger partial charge in [0, 0.05) is 43.1 Å². The molecule has 0 N–H and O–H groups in total. The Morgan fingerprint density at radius 1 is 0.418 bits per heavy atom. The van der Waals surface area contributed by atoms with Crippen LogP contribution in [0.5, 0.6) is 0 Å². The van der Waals surface area contributed by atoms with Gasteiger partial charge in [0.15, 0.2) is 0 Å². The highest BCUT2D eigenvalue weighted by atomic mass is 32.3. The smallest absolute Gasteiger partial charge is 0.144 e. The van der Waals surface area contributed by atoms with Crippen molar-refractivity contribution in [2.45, 2.75) is 9.79 Å². The highest BCUT2D eigenvalue weighted by molar-refractivity contribution is 8.33. The first-order chi connectivity index (χ1) is 27.0. The standard InChI is InChI=1S/C52H37NOS/c1-55(2)48-20-10-18-46(50(48)51-49(55)32-31-45-44-16-7-8-19-47(44)54-52(45)51)53(40-27-23-35(24-28-40)39-22-21-34-11-3-4-13-38(34)33-39)41-29-25-37(26-30-41)43-17-9-14-36-12-5-6-15-42(36)43/h3-33H,1-2H3. The molecule has 2 nitrogen and oxygen atoms in total. The first-order valence-electron chi connectivity index (χ1n) is 18.8. The Bertz CT molecular complexity index is 3110. The first kappa shape index (κ1) is 31.9. The molecule has 2 heterocycles. The Morgan fingerprint density at radius 2 is 1.04 bits per heavy atom. The fourth-order valence-electron chi connectivity index (χ4n) is 8.80. The Morgan fingerprint density at radius 3 is 1.84 bits per heavy atom. The largest absolute Gasteiger partial charge is 0.455 e. The van der Waals surface area contributed by atoms with Gasteiger partial charge in [-0.2, -0.15) is 10.0 Å². The van der Waals surface area contributed by atoms with Crippen LogP contribution in [-0.4, -0.2) is 12.5 Å². The highest BCUT2D eigenvalue weighted by Gasteiger charge is 2.37. The summed E-state index contributed by atoms with van der Waals surface area (Å²) in [6.45, 7) is 0. The molecule has 0 atom stereocenters. The van der Waals surface area contributed by atoms with Gasteiger partial charge in [0.25, 0.3) is 0 Å². The third-order valence-electron chi connectivity index (χ3n) is 11.5. The number of hydrogen-bond acceptors (Lipinski definition) is 2. The predicted octanol–water partition coefficient (Wildman–Crippen LogP) is 15.2. The molecule has 262 valence electrons. The number of rotatable bonds is 5. The summed E-state index contributed by atoms with van der Waals surface area (Å²) in [5.74, 6) is 0. The predicted molar refractivity (Wildman–Crippen MR) is 236 cm³/mol. The normalized spacial score (nSPS) is 13.6. The number of para-hydroxylation sites is 1. The lowest BCUT2D eigenvalue weighted by atomic mass is 9.97. The summed E-state index contributed by atoms with van der Waals surface area (Å²) in [5, 5.41) is 7.33. The highest BCUT2D eigenvalue weighted by Crippen LogP contribution is 2.70. The maximum atomic E-state index is 6.78. The molecule has 0 saturated heterocycles. The quantitative estimate of drug-likeness (QED) is 0.176. The van der Waals surface area contributed by atoms with E-state index in [-0.39, 0.29) is 0 Å². The van der Waals surface area contributed by atoms with Crippen LogP contribution in [0.2, 0.25) is 0 Å². The molecule has 0 unspecified atom stereocenters. The number of nitrogens with zero attached hydrogens (tertiary/aromatic N) is 1. The van der Waals surface area contributed by atoms with E-state index in [9.17, 15) is 0 Å². The van der Waals surface area contributed by atoms with Crippen LogP contribution in [0.15, 0.2) is 202 Å². The molecule has 0 saturated carbocycles. The minimum atomic E-state index is -1.33. The van der Waals surface area contributed by atoms with Gasteiger partial charge in [0.05, 0.1) is 5.69 Å². The van der Waals surface area contributed by atoms with Crippen LogP contribution < -0.4 is 4.90 Å². The fraction of sp³-hybridized carbons (Fsp3) is 0.0385. The van der Waals surface area contributed by atoms with Crippen molar-refractivity contribution in [2.24, 2.45) is 0 Å². The van der Waals surface area contributed by atoms with Gasteiger partial charge < -0.3 is 9.32 Å². The molecule has 1 aromatic heterocycles. The molecule has 0 radical (unpaired) electrons. The van der Waals surface area contributed by atoms with Crippen LogP contribution in [0.25, 0.3) is 76.9 Å². The van der Waals surface area contributed by atoms with Crippen LogP contribution >= 0.6 is 10.0 Å². The summed E-state index contributed by atoms with van der Waals surface area (Å²) in [6, 6.07) is 68.6. The first-order valence-corrected chi connectivity index (χ1v) is 21.3. The minimum Gasteiger partial charge on any atom is -0.455 e. The van der Waals surface area contributed by atoms with Crippen LogP contribution in [0.3, 0.4) is 0 Å². The minimum absolute atomic E-state index is 0.926. The summed E-state index contributed by atoms with van der Waals surface area (Å²) in [5.41, 5.74) is 12.6. The maximum absolute atomic E-state index is 6.78. The number of hydrogen-bond donors (Lipinski definition) is 0. The summed E-state index contributed by atoms with van der Waals surface area (Å²) < 4.78 is 6.78. The Hall–Kier alpha value is -6.55. The van der Waals surface area contributed by atoms with Crippen LogP contribution in [0.4, 0.5) is 17.1 Å². The molecule has 0 aliphatic carbocycles. The summed E-state index contributed by atoms with van der Waals surface area (Å²) in [7, 11) is -1.33. The third kappa shape index (κ3) is 4.97. The zero-order valence-corrected chi connectivity index (χ0v) is 31.5. The molecule has 9 aromatic carbocycles. The lowest BCUT2D eigenvalue weighted by Gasteiger charge is -2.30. The SMILES string of the molecule is CS1(C)c2cccc(N(c3ccc(-c4ccc5ccccc5c4)cc3)c3ccc(-c4cccc5ccccc45)cc3)c2-c2c1ccc1c2oc2ccccc21. The molecule has 55 heavy (non-hydrogen) atoms. The van der Waals surface area contributed by atoms with Crippen molar-refractivity contribution in [3.63, 3.8) is 0 Å². The third-order valence-corrected chi connectivity index (χ3v) is 14.4. The number of benzene rings is 9. The van der Waals surface area contributed by atoms with Crippen molar-refractivity contribution in [3.8, 4) is 33.4 Å². The zero-order chi connectivity index (χ0) is 36.7. The zero-order valence-electron chi connectivity index (χ0n) is 30.7. The lowest BCUT2D eigenvalue weighted by molar-refractivity contribution is 0.669. The molecular weight excluding hydrogens is 687 g/mol. The number of furan rings is 1. The monoisotopic (exact) mass is 723 g/mol. The van der Waals surface area contributed by atoms with Crippen molar-refractivity contribution < 1.29 is 4.42 Å². The van der Waals surface area contributed by atoms with Crippen molar-refractivity contribution in [1.82, 2.24) is 0 Å². The van der Waals surface area contributed by atoms with Crippen molar-refractivity contribution >= 4 is 70.6 Å². The van der Waals surface area contributed by atoms with Crippen LogP contribution in [0, 0.1) is 0 Å². The van der Waals surface area contributed by atoms with Crippen molar-refractivity contribution in [3.05, 3.63) is 188 Å². The van der Waals surface area contributed by atoms with E-state index in [0.29, 0.717) is 0 Å². The van der Waals surface area contributed by atoms with Gasteiger partial charge in [-0.3, -0.25) is 0 Å². The molecule has 0 amide bonds. The van der Waals surface area contributed by atoms with E-state index in [2.05, 4.69) is 205 Å². The second-order valence-electron chi connectivity index (χ2n) is 14.9. The molecule has 0 bridgehead atoms. The summed E-state index contributed by atoms with van der Waals surface area (Å²) in [6.07, 6.45) is 4.86. The second-order valence-corrected chi connectivity index (χ2v) is 18.4. The van der Waals surface area contributed by atoms with Gasteiger partial charge in [-0.25, -0.2) is 0 Å². The average molecular weight is 724 g/mol. The van der Waals surface area contributed by atoms with E-state index in [0.717, 1.165) is 39.0 Å². The maximum Gasteiger partial charge on any atom is 0.144 e. The Labute approximate surface area is 322 Å². The number of anilines is 3. The Kier molecular flexibility index (Phi) is 7.11. The molecule has 1 aliphatic rings. The topological polar surface area (TPSA) is 16.4 Å². The molecule has 11 rings (SSSR count). The summed E-state index contributed by atoms with van der Waals surface area (Å²) in [4.78, 5) is 5.21. The second kappa shape index (κ2) is 12.2. The van der Waals surface area contributed by atoms with E-state index in [4.69, 9.17) is 4.42 Å². The molecule has 0 spiro atoms. The van der Waals surface area contributed by atoms with Crippen LogP contribution in [-0.2, 0) is 0 Å². The molecular formula is C52H37NOS. The van der Waals surface area contributed by atoms with Crippen LogP contribution in [0.1, 0.15) is 0 Å². The number of fused-ring (bicyclic) bond motifs is 9. The van der Waals surface area contributed by atoms with Gasteiger partial charge >= 0.3 is 0 Å². The molecule has 0 fully saturated rings. The van der Waals surface area contributed by atoms with E-state index >= 15 is 0 Å². The fourth-order valence-corrected chi connectivity index (χ4v) is 11.3. The Balaban J connectivity index is 1.11. The van der Waals surface area contributed by atoms with Gasteiger partial charge in [0.2, 0.25) is 0 Å².